The second-order valence-corrected chi connectivity index (χ2v) is 6.82. The Morgan fingerprint density at radius 1 is 1.23 bits per heavy atom. The number of nitrogens with two attached hydrogens (primary N) is 1. The van der Waals surface area contributed by atoms with Crippen molar-refractivity contribution in [1.29, 1.82) is 0 Å². The van der Waals surface area contributed by atoms with Crippen LogP contribution in [0.1, 0.15) is 33.3 Å². The number of hydrogen-bond donors (Lipinski definition) is 2. The summed E-state index contributed by atoms with van der Waals surface area (Å²) in [6.07, 6.45) is 1.99. The fourth-order valence-corrected chi connectivity index (χ4v) is 2.48. The molecule has 0 atom stereocenters. The van der Waals surface area contributed by atoms with Gasteiger partial charge in [0.15, 0.2) is 0 Å². The zero-order chi connectivity index (χ0) is 16.5. The Morgan fingerprint density at radius 3 is 2.32 bits per heavy atom. The molecule has 1 saturated heterocycles. The number of thiol groups is 1. The normalized spacial score (nSPS) is 20.3. The van der Waals surface area contributed by atoms with E-state index in [2.05, 4.69) is 12.6 Å². The van der Waals surface area contributed by atoms with Crippen LogP contribution in [0.4, 0.5) is 5.69 Å². The SMILES string of the molecule is COc1cc(N)cc(C=C(CS)B2OC(C)(C)C(C)(C)O2)c1. The van der Waals surface area contributed by atoms with Gasteiger partial charge in [0, 0.05) is 17.5 Å². The number of hydrogen-bond acceptors (Lipinski definition) is 5. The highest BCUT2D eigenvalue weighted by Crippen LogP contribution is 2.39. The van der Waals surface area contributed by atoms with E-state index in [1.54, 1.807) is 13.2 Å². The number of rotatable bonds is 4. The second kappa shape index (κ2) is 6.18. The molecule has 2 rings (SSSR count). The molecule has 4 nitrogen and oxygen atoms in total. The minimum Gasteiger partial charge on any atom is -0.497 e. The molecule has 1 aromatic carbocycles. The molecule has 0 saturated carbocycles. The molecule has 0 amide bonds. The molecular formula is C16H24BNO3S. The van der Waals surface area contributed by atoms with Crippen molar-refractivity contribution in [3.05, 3.63) is 29.2 Å². The topological polar surface area (TPSA) is 53.7 Å². The van der Waals surface area contributed by atoms with Gasteiger partial charge in [-0.15, -0.1) is 0 Å². The van der Waals surface area contributed by atoms with Gasteiger partial charge in [-0.05, 0) is 50.9 Å². The van der Waals surface area contributed by atoms with Crippen molar-refractivity contribution >= 4 is 31.5 Å². The smallest absolute Gasteiger partial charge is 0.491 e. The Kier molecular flexibility index (Phi) is 4.85. The minimum absolute atomic E-state index is 0.368. The Bertz CT molecular complexity index is 571. The van der Waals surface area contributed by atoms with Crippen LogP contribution in [0.2, 0.25) is 0 Å². The van der Waals surface area contributed by atoms with Crippen LogP contribution in [0.5, 0.6) is 5.75 Å². The van der Waals surface area contributed by atoms with E-state index in [9.17, 15) is 0 Å². The summed E-state index contributed by atoms with van der Waals surface area (Å²) in [5.74, 6) is 1.26. The molecule has 0 unspecified atom stereocenters. The van der Waals surface area contributed by atoms with Crippen molar-refractivity contribution < 1.29 is 14.0 Å². The summed E-state index contributed by atoms with van der Waals surface area (Å²) in [5, 5.41) is 0. The van der Waals surface area contributed by atoms with Crippen LogP contribution in [-0.2, 0) is 9.31 Å². The van der Waals surface area contributed by atoms with Crippen LogP contribution in [0, 0.1) is 0 Å². The summed E-state index contributed by atoms with van der Waals surface area (Å²) in [4.78, 5) is 0. The molecule has 1 fully saturated rings. The molecule has 2 N–H and O–H groups in total. The monoisotopic (exact) mass is 321 g/mol. The maximum atomic E-state index is 6.07. The third kappa shape index (κ3) is 3.45. The van der Waals surface area contributed by atoms with Crippen molar-refractivity contribution in [2.75, 3.05) is 18.6 Å². The Labute approximate surface area is 138 Å². The molecule has 0 aliphatic carbocycles. The van der Waals surface area contributed by atoms with Gasteiger partial charge in [0.25, 0.3) is 0 Å². The summed E-state index contributed by atoms with van der Waals surface area (Å²) in [6.45, 7) is 8.14. The summed E-state index contributed by atoms with van der Waals surface area (Å²) in [6, 6.07) is 5.59. The largest absolute Gasteiger partial charge is 0.497 e. The second-order valence-electron chi connectivity index (χ2n) is 6.51. The quantitative estimate of drug-likeness (QED) is 0.508. The highest BCUT2D eigenvalue weighted by atomic mass is 32.1. The van der Waals surface area contributed by atoms with E-state index in [-0.39, 0.29) is 11.2 Å². The minimum atomic E-state index is -0.407. The predicted octanol–water partition coefficient (Wildman–Crippen LogP) is 3.22. The van der Waals surface area contributed by atoms with E-state index in [0.717, 1.165) is 16.8 Å². The molecule has 1 heterocycles. The summed E-state index contributed by atoms with van der Waals surface area (Å²) in [5.41, 5.74) is 7.71. The fraction of sp³-hybridized carbons (Fsp3) is 0.500. The first-order valence-electron chi connectivity index (χ1n) is 7.30. The van der Waals surface area contributed by atoms with Crippen molar-refractivity contribution in [3.8, 4) is 5.75 Å². The molecule has 1 aliphatic rings. The van der Waals surface area contributed by atoms with Gasteiger partial charge in [-0.3, -0.25) is 0 Å². The molecule has 22 heavy (non-hydrogen) atoms. The van der Waals surface area contributed by atoms with Gasteiger partial charge in [0.05, 0.1) is 18.3 Å². The lowest BCUT2D eigenvalue weighted by atomic mass is 9.78. The van der Waals surface area contributed by atoms with Crippen LogP contribution < -0.4 is 10.5 Å². The summed E-state index contributed by atoms with van der Waals surface area (Å²) < 4.78 is 17.4. The Balaban J connectivity index is 2.31. The van der Waals surface area contributed by atoms with Crippen molar-refractivity contribution in [1.82, 2.24) is 0 Å². The third-order valence-electron chi connectivity index (χ3n) is 4.28. The van der Waals surface area contributed by atoms with Crippen LogP contribution in [0.25, 0.3) is 6.08 Å². The molecule has 6 heteroatoms. The lowest BCUT2D eigenvalue weighted by molar-refractivity contribution is 0.00578. The van der Waals surface area contributed by atoms with E-state index in [1.165, 1.54) is 0 Å². The Hall–Kier alpha value is -1.11. The highest BCUT2D eigenvalue weighted by Gasteiger charge is 2.52. The number of benzene rings is 1. The van der Waals surface area contributed by atoms with Crippen LogP contribution >= 0.6 is 12.6 Å². The standard InChI is InChI=1S/C16H24BNO3S/c1-15(2)16(3,4)21-17(20-15)12(10-22)6-11-7-13(18)9-14(8-11)19-5/h6-9,22H,10,18H2,1-5H3. The Morgan fingerprint density at radius 2 is 1.82 bits per heavy atom. The summed E-state index contributed by atoms with van der Waals surface area (Å²) in [7, 11) is 1.21. The first-order chi connectivity index (χ1) is 10.2. The van der Waals surface area contributed by atoms with Crippen LogP contribution in [-0.4, -0.2) is 31.2 Å². The van der Waals surface area contributed by atoms with Gasteiger partial charge in [-0.25, -0.2) is 0 Å². The molecular weight excluding hydrogens is 297 g/mol. The molecule has 0 spiro atoms. The molecule has 120 valence electrons. The number of ether oxygens (including phenoxy) is 1. The maximum Gasteiger partial charge on any atom is 0.491 e. The summed E-state index contributed by atoms with van der Waals surface area (Å²) >= 11 is 4.42. The van der Waals surface area contributed by atoms with Gasteiger partial charge in [0.1, 0.15) is 5.75 Å². The lowest BCUT2D eigenvalue weighted by Gasteiger charge is -2.32. The van der Waals surface area contributed by atoms with Crippen molar-refractivity contribution in [2.45, 2.75) is 38.9 Å². The van der Waals surface area contributed by atoms with Gasteiger partial charge in [-0.2, -0.15) is 12.6 Å². The van der Waals surface area contributed by atoms with E-state index in [1.807, 2.05) is 45.9 Å². The predicted molar refractivity (Wildman–Crippen MR) is 95.3 cm³/mol. The molecule has 0 radical (unpaired) electrons. The average molecular weight is 321 g/mol. The van der Waals surface area contributed by atoms with Crippen LogP contribution in [0.3, 0.4) is 0 Å². The van der Waals surface area contributed by atoms with Crippen LogP contribution in [0.15, 0.2) is 23.7 Å². The lowest BCUT2D eigenvalue weighted by Crippen LogP contribution is -2.41. The fourth-order valence-electron chi connectivity index (χ4n) is 2.24. The first kappa shape index (κ1) is 17.3. The van der Waals surface area contributed by atoms with Crippen molar-refractivity contribution in [3.63, 3.8) is 0 Å². The van der Waals surface area contributed by atoms with Gasteiger partial charge in [0.2, 0.25) is 0 Å². The average Bonchev–Trinajstić information content (AvgIpc) is 2.64. The number of methoxy groups -OCH3 is 1. The van der Waals surface area contributed by atoms with E-state index < -0.39 is 7.12 Å². The third-order valence-corrected chi connectivity index (χ3v) is 4.64. The first-order valence-corrected chi connectivity index (χ1v) is 7.93. The highest BCUT2D eigenvalue weighted by molar-refractivity contribution is 7.80. The van der Waals surface area contributed by atoms with E-state index >= 15 is 0 Å². The molecule has 1 aromatic rings. The molecule has 0 aromatic heterocycles. The van der Waals surface area contributed by atoms with Gasteiger partial charge < -0.3 is 19.8 Å². The van der Waals surface area contributed by atoms with Crippen molar-refractivity contribution in [2.24, 2.45) is 0 Å². The zero-order valence-corrected chi connectivity index (χ0v) is 14.7. The molecule has 1 aliphatic heterocycles. The zero-order valence-electron chi connectivity index (χ0n) is 13.8. The molecule has 0 bridgehead atoms. The van der Waals surface area contributed by atoms with Gasteiger partial charge >= 0.3 is 7.12 Å². The van der Waals surface area contributed by atoms with Gasteiger partial charge in [-0.1, -0.05) is 6.08 Å². The van der Waals surface area contributed by atoms with E-state index in [4.69, 9.17) is 19.8 Å². The van der Waals surface area contributed by atoms with E-state index in [0.29, 0.717) is 11.4 Å². The number of nitrogen functional groups attached to an aromatic ring is 1. The maximum absolute atomic E-state index is 6.07. The number of anilines is 1.